The third kappa shape index (κ3) is 9.11. The van der Waals surface area contributed by atoms with Crippen LogP contribution in [0.25, 0.3) is 0 Å². The summed E-state index contributed by atoms with van der Waals surface area (Å²) in [4.78, 5) is 26.6. The van der Waals surface area contributed by atoms with E-state index in [0.717, 1.165) is 12.0 Å². The Morgan fingerprint density at radius 1 is 1.07 bits per heavy atom. The zero-order valence-electron chi connectivity index (χ0n) is 17.1. The Balaban J connectivity index is 0.00000676. The minimum atomic E-state index is -0.564. The molecule has 1 rings (SSSR count). The number of carbonyl (C=O) groups excluding carboxylic acids is 2. The van der Waals surface area contributed by atoms with Gasteiger partial charge >= 0.3 is 6.03 Å². The lowest BCUT2D eigenvalue weighted by Crippen LogP contribution is -2.53. The third-order valence-corrected chi connectivity index (χ3v) is 4.55. The number of nitrogens with two attached hydrogens (primary N) is 1. The van der Waals surface area contributed by atoms with Gasteiger partial charge in [-0.1, -0.05) is 58.0 Å². The van der Waals surface area contributed by atoms with Gasteiger partial charge in [0.2, 0.25) is 5.91 Å². The average molecular weight is 399 g/mol. The molecule has 4 N–H and O–H groups in total. The van der Waals surface area contributed by atoms with Crippen molar-refractivity contribution < 1.29 is 9.59 Å². The zero-order chi connectivity index (χ0) is 19.7. The summed E-state index contributed by atoms with van der Waals surface area (Å²) in [6.07, 6.45) is 0.741. The smallest absolute Gasteiger partial charge is 0.315 e. The quantitative estimate of drug-likeness (QED) is 0.597. The first-order valence-corrected chi connectivity index (χ1v) is 9.31. The second-order valence-electron chi connectivity index (χ2n) is 7.49. The van der Waals surface area contributed by atoms with Crippen molar-refractivity contribution in [1.82, 2.24) is 15.5 Å². The van der Waals surface area contributed by atoms with E-state index in [1.54, 1.807) is 11.9 Å². The molecule has 0 fully saturated rings. The highest BCUT2D eigenvalue weighted by Gasteiger charge is 2.27. The predicted molar refractivity (Wildman–Crippen MR) is 113 cm³/mol. The average Bonchev–Trinajstić information content (AvgIpc) is 2.62. The number of urea groups is 1. The molecule has 1 aromatic carbocycles. The van der Waals surface area contributed by atoms with Crippen LogP contribution in [0.4, 0.5) is 4.79 Å². The molecule has 7 heteroatoms. The van der Waals surface area contributed by atoms with Crippen LogP contribution in [-0.4, -0.2) is 42.5 Å². The number of nitrogens with one attached hydrogen (secondary N) is 2. The summed E-state index contributed by atoms with van der Waals surface area (Å²) < 4.78 is 0. The molecule has 1 aromatic rings. The maximum atomic E-state index is 12.7. The van der Waals surface area contributed by atoms with Crippen LogP contribution in [0.3, 0.4) is 0 Å². The van der Waals surface area contributed by atoms with Gasteiger partial charge in [0.05, 0.1) is 0 Å². The molecule has 0 aromatic heterocycles. The fourth-order valence-electron chi connectivity index (χ4n) is 2.51. The summed E-state index contributed by atoms with van der Waals surface area (Å²) in [5, 5.41) is 5.61. The van der Waals surface area contributed by atoms with Crippen LogP contribution in [0.5, 0.6) is 0 Å². The number of hydrogen-bond acceptors (Lipinski definition) is 3. The monoisotopic (exact) mass is 398 g/mol. The van der Waals surface area contributed by atoms with Crippen LogP contribution >= 0.6 is 12.4 Å². The lowest BCUT2D eigenvalue weighted by Gasteiger charge is -2.28. The van der Waals surface area contributed by atoms with Gasteiger partial charge in [-0.2, -0.15) is 0 Å². The van der Waals surface area contributed by atoms with Crippen molar-refractivity contribution >= 4 is 24.3 Å². The molecule has 6 nitrogen and oxygen atoms in total. The topological polar surface area (TPSA) is 87.5 Å². The molecule has 154 valence electrons. The summed E-state index contributed by atoms with van der Waals surface area (Å²) in [6.45, 7) is 8.99. The molecule has 3 amide bonds. The van der Waals surface area contributed by atoms with Gasteiger partial charge in [0.1, 0.15) is 6.04 Å². The highest BCUT2D eigenvalue weighted by molar-refractivity contribution is 5.87. The first-order chi connectivity index (χ1) is 12.2. The lowest BCUT2D eigenvalue weighted by molar-refractivity contribution is -0.133. The molecule has 0 heterocycles. The fourth-order valence-corrected chi connectivity index (χ4v) is 2.51. The molecule has 0 spiro atoms. The van der Waals surface area contributed by atoms with Crippen LogP contribution in [-0.2, 0) is 11.3 Å². The zero-order valence-corrected chi connectivity index (χ0v) is 17.9. The molecular formula is C20H35ClN4O2. The van der Waals surface area contributed by atoms with Crippen molar-refractivity contribution in [3.05, 3.63) is 35.9 Å². The Hall–Kier alpha value is -1.79. The fraction of sp³-hybridized carbons (Fsp3) is 0.600. The second-order valence-corrected chi connectivity index (χ2v) is 7.49. The van der Waals surface area contributed by atoms with Crippen LogP contribution in [0, 0.1) is 11.8 Å². The Kier molecular flexibility index (Phi) is 11.7. The highest BCUT2D eigenvalue weighted by Crippen LogP contribution is 2.08. The molecule has 2 unspecified atom stereocenters. The summed E-state index contributed by atoms with van der Waals surface area (Å²) in [5.74, 6) is 0.276. The first kappa shape index (κ1) is 25.2. The Morgan fingerprint density at radius 3 is 2.19 bits per heavy atom. The molecule has 0 saturated carbocycles. The van der Waals surface area contributed by atoms with Gasteiger partial charge in [0.25, 0.3) is 0 Å². The van der Waals surface area contributed by atoms with Crippen molar-refractivity contribution in [2.75, 3.05) is 13.6 Å². The summed E-state index contributed by atoms with van der Waals surface area (Å²) >= 11 is 0. The normalized spacial score (nSPS) is 12.9. The molecule has 0 saturated heterocycles. The van der Waals surface area contributed by atoms with Gasteiger partial charge in [-0.15, -0.1) is 12.4 Å². The number of rotatable bonds is 9. The minimum absolute atomic E-state index is 0. The molecule has 27 heavy (non-hydrogen) atoms. The van der Waals surface area contributed by atoms with Gasteiger partial charge in [-0.3, -0.25) is 4.79 Å². The second kappa shape index (κ2) is 12.6. The Labute approximate surface area is 169 Å². The largest absolute Gasteiger partial charge is 0.344 e. The number of carbonyl (C=O) groups is 2. The number of likely N-dealkylation sites (N-methyl/N-ethyl adjacent to an activating group) is 1. The van der Waals surface area contributed by atoms with Crippen LogP contribution in [0.2, 0.25) is 0 Å². The molecule has 0 aliphatic rings. The number of hydrogen-bond donors (Lipinski definition) is 3. The lowest BCUT2D eigenvalue weighted by atomic mass is 10.0. The van der Waals surface area contributed by atoms with E-state index in [1.165, 1.54) is 0 Å². The molecular weight excluding hydrogens is 364 g/mol. The minimum Gasteiger partial charge on any atom is -0.344 e. The highest BCUT2D eigenvalue weighted by atomic mass is 35.5. The van der Waals surface area contributed by atoms with Crippen molar-refractivity contribution in [2.24, 2.45) is 17.6 Å². The predicted octanol–water partition coefficient (Wildman–Crippen LogP) is 2.76. The number of nitrogens with zero attached hydrogens (tertiary/aromatic N) is 1. The molecule has 0 bridgehead atoms. The van der Waals surface area contributed by atoms with Crippen molar-refractivity contribution in [2.45, 2.75) is 52.7 Å². The van der Waals surface area contributed by atoms with Gasteiger partial charge in [-0.05, 0) is 23.8 Å². The first-order valence-electron chi connectivity index (χ1n) is 9.31. The molecule has 0 aliphatic heterocycles. The molecule has 2 atom stereocenters. The summed E-state index contributed by atoms with van der Waals surface area (Å²) in [7, 11) is 1.76. The van der Waals surface area contributed by atoms with E-state index in [9.17, 15) is 9.59 Å². The van der Waals surface area contributed by atoms with Gasteiger partial charge in [-0.25, -0.2) is 4.79 Å². The standard InChI is InChI=1S/C20H34N4O2.ClH/c1-14(2)17(21)11-12-24(5)19(25)18(15(3)4)23-20(26)22-13-16-9-7-6-8-10-16;/h6-10,14-15,17-18H,11-13,21H2,1-5H3,(H2,22,23,26);1H. The van der Waals surface area contributed by atoms with E-state index >= 15 is 0 Å². The van der Waals surface area contributed by atoms with E-state index in [-0.39, 0.29) is 36.3 Å². The van der Waals surface area contributed by atoms with Crippen molar-refractivity contribution in [1.29, 1.82) is 0 Å². The number of halogens is 1. The number of benzene rings is 1. The summed E-state index contributed by atoms with van der Waals surface area (Å²) in [5.41, 5.74) is 7.07. The van der Waals surface area contributed by atoms with Crippen LogP contribution in [0.1, 0.15) is 39.7 Å². The van der Waals surface area contributed by atoms with Gasteiger partial charge in [0, 0.05) is 26.2 Å². The SMILES string of the molecule is CC(C)C(N)CCN(C)C(=O)C(NC(=O)NCc1ccccc1)C(C)C.Cl. The third-order valence-electron chi connectivity index (χ3n) is 4.55. The van der Waals surface area contributed by atoms with E-state index in [4.69, 9.17) is 5.73 Å². The maximum absolute atomic E-state index is 12.7. The van der Waals surface area contributed by atoms with Gasteiger partial charge < -0.3 is 21.3 Å². The Bertz CT molecular complexity index is 566. The van der Waals surface area contributed by atoms with E-state index in [1.807, 2.05) is 44.2 Å². The Morgan fingerprint density at radius 2 is 1.67 bits per heavy atom. The van der Waals surface area contributed by atoms with E-state index < -0.39 is 6.04 Å². The van der Waals surface area contributed by atoms with Gasteiger partial charge in [0.15, 0.2) is 0 Å². The summed E-state index contributed by atoms with van der Waals surface area (Å²) in [6, 6.07) is 8.81. The van der Waals surface area contributed by atoms with E-state index in [2.05, 4.69) is 24.5 Å². The molecule has 0 radical (unpaired) electrons. The van der Waals surface area contributed by atoms with Crippen LogP contribution in [0.15, 0.2) is 30.3 Å². The van der Waals surface area contributed by atoms with Crippen molar-refractivity contribution in [3.8, 4) is 0 Å². The van der Waals surface area contributed by atoms with Crippen LogP contribution < -0.4 is 16.4 Å². The van der Waals surface area contributed by atoms with E-state index in [0.29, 0.717) is 19.0 Å². The number of amides is 3. The van der Waals surface area contributed by atoms with Crippen molar-refractivity contribution in [3.63, 3.8) is 0 Å². The maximum Gasteiger partial charge on any atom is 0.315 e. The molecule has 0 aliphatic carbocycles.